The van der Waals surface area contributed by atoms with Crippen LogP contribution in [0.5, 0.6) is 0 Å². The van der Waals surface area contributed by atoms with Gasteiger partial charge in [-0.15, -0.1) is 0 Å². The average molecular weight is 228 g/mol. The molecule has 0 aromatic carbocycles. The van der Waals surface area contributed by atoms with Crippen molar-refractivity contribution in [1.82, 2.24) is 4.90 Å². The Morgan fingerprint density at radius 1 is 1.50 bits per heavy atom. The SMILES string of the molecule is CCC[C@@H](N)C(=O)N1CCCCCC1CO. The van der Waals surface area contributed by atoms with Crippen LogP contribution in [0.4, 0.5) is 0 Å². The highest BCUT2D eigenvalue weighted by Crippen LogP contribution is 2.17. The number of likely N-dealkylation sites (tertiary alicyclic amines) is 1. The predicted octanol–water partition coefficient (Wildman–Crippen LogP) is 0.877. The lowest BCUT2D eigenvalue weighted by molar-refractivity contribution is -0.136. The van der Waals surface area contributed by atoms with Crippen LogP contribution in [0.25, 0.3) is 0 Å². The van der Waals surface area contributed by atoms with Crippen LogP contribution in [-0.2, 0) is 4.79 Å². The van der Waals surface area contributed by atoms with E-state index in [4.69, 9.17) is 5.73 Å². The maximum Gasteiger partial charge on any atom is 0.239 e. The van der Waals surface area contributed by atoms with Crippen molar-refractivity contribution in [2.45, 2.75) is 57.5 Å². The van der Waals surface area contributed by atoms with Crippen molar-refractivity contribution < 1.29 is 9.90 Å². The Morgan fingerprint density at radius 3 is 2.88 bits per heavy atom. The zero-order chi connectivity index (χ0) is 12.0. The fourth-order valence-electron chi connectivity index (χ4n) is 2.30. The molecule has 0 radical (unpaired) electrons. The second kappa shape index (κ2) is 6.86. The maximum absolute atomic E-state index is 12.1. The van der Waals surface area contributed by atoms with Gasteiger partial charge in [0.2, 0.25) is 5.91 Å². The fraction of sp³-hybridized carbons (Fsp3) is 0.917. The van der Waals surface area contributed by atoms with Gasteiger partial charge in [0.05, 0.1) is 18.7 Å². The summed E-state index contributed by atoms with van der Waals surface area (Å²) in [6.07, 6.45) is 5.82. The van der Waals surface area contributed by atoms with Crippen molar-refractivity contribution in [2.75, 3.05) is 13.2 Å². The molecule has 0 spiro atoms. The first-order valence-electron chi connectivity index (χ1n) is 6.37. The molecule has 1 aliphatic rings. The van der Waals surface area contributed by atoms with Gasteiger partial charge in [0.15, 0.2) is 0 Å². The number of hydrogen-bond acceptors (Lipinski definition) is 3. The maximum atomic E-state index is 12.1. The standard InChI is InChI=1S/C12H24N2O2/c1-2-6-11(13)12(16)14-8-5-3-4-7-10(14)9-15/h10-11,15H,2-9,13H2,1H3/t10?,11-/m1/s1. The molecule has 3 N–H and O–H groups in total. The molecule has 4 heteroatoms. The van der Waals surface area contributed by atoms with Gasteiger partial charge in [0.25, 0.3) is 0 Å². The summed E-state index contributed by atoms with van der Waals surface area (Å²) in [5.74, 6) is 0.0165. The van der Waals surface area contributed by atoms with Crippen LogP contribution in [0, 0.1) is 0 Å². The number of nitrogens with zero attached hydrogens (tertiary/aromatic N) is 1. The molecule has 1 heterocycles. The number of nitrogens with two attached hydrogens (primary N) is 1. The highest BCUT2D eigenvalue weighted by atomic mass is 16.3. The van der Waals surface area contributed by atoms with Gasteiger partial charge in [-0.05, 0) is 19.3 Å². The number of amides is 1. The Bertz CT molecular complexity index is 221. The van der Waals surface area contributed by atoms with E-state index in [2.05, 4.69) is 0 Å². The largest absolute Gasteiger partial charge is 0.394 e. The minimum atomic E-state index is -0.392. The number of hydrogen-bond donors (Lipinski definition) is 2. The molecule has 0 aromatic heterocycles. The molecule has 0 saturated carbocycles. The van der Waals surface area contributed by atoms with Gasteiger partial charge >= 0.3 is 0 Å². The number of rotatable bonds is 4. The van der Waals surface area contributed by atoms with Crippen LogP contribution in [0.15, 0.2) is 0 Å². The second-order valence-electron chi connectivity index (χ2n) is 4.61. The van der Waals surface area contributed by atoms with Crippen molar-refractivity contribution in [2.24, 2.45) is 5.73 Å². The van der Waals surface area contributed by atoms with Gasteiger partial charge in [-0.25, -0.2) is 0 Å². The molecular weight excluding hydrogens is 204 g/mol. The Balaban J connectivity index is 2.62. The Hall–Kier alpha value is -0.610. The molecule has 0 bridgehead atoms. The molecule has 0 aromatic rings. The molecule has 1 fully saturated rings. The first-order chi connectivity index (χ1) is 7.70. The lowest BCUT2D eigenvalue weighted by Crippen LogP contribution is -2.49. The van der Waals surface area contributed by atoms with Crippen LogP contribution in [0.3, 0.4) is 0 Å². The quantitative estimate of drug-likeness (QED) is 0.750. The van der Waals surface area contributed by atoms with Gasteiger partial charge < -0.3 is 15.7 Å². The number of aliphatic hydroxyl groups excluding tert-OH is 1. The smallest absolute Gasteiger partial charge is 0.239 e. The molecule has 2 atom stereocenters. The summed E-state index contributed by atoms with van der Waals surface area (Å²) >= 11 is 0. The zero-order valence-corrected chi connectivity index (χ0v) is 10.2. The minimum Gasteiger partial charge on any atom is -0.394 e. The molecule has 1 amide bonds. The zero-order valence-electron chi connectivity index (χ0n) is 10.2. The van der Waals surface area contributed by atoms with Crippen molar-refractivity contribution in [3.63, 3.8) is 0 Å². The topological polar surface area (TPSA) is 66.6 Å². The van der Waals surface area contributed by atoms with Crippen LogP contribution in [0.1, 0.15) is 45.4 Å². The van der Waals surface area contributed by atoms with E-state index in [1.807, 2.05) is 6.92 Å². The minimum absolute atomic E-state index is 0.0158. The molecule has 1 saturated heterocycles. The summed E-state index contributed by atoms with van der Waals surface area (Å²) in [6, 6.07) is -0.407. The monoisotopic (exact) mass is 228 g/mol. The highest BCUT2D eigenvalue weighted by molar-refractivity contribution is 5.82. The van der Waals surface area contributed by atoms with Crippen molar-refractivity contribution in [3.8, 4) is 0 Å². The fourth-order valence-corrected chi connectivity index (χ4v) is 2.30. The van der Waals surface area contributed by atoms with E-state index in [9.17, 15) is 9.90 Å². The summed E-state index contributed by atoms with van der Waals surface area (Å²) in [6.45, 7) is 2.84. The molecule has 16 heavy (non-hydrogen) atoms. The van der Waals surface area contributed by atoms with Crippen molar-refractivity contribution in [3.05, 3.63) is 0 Å². The first kappa shape index (κ1) is 13.5. The van der Waals surface area contributed by atoms with E-state index in [1.54, 1.807) is 4.90 Å². The lowest BCUT2D eigenvalue weighted by Gasteiger charge is -2.30. The van der Waals surface area contributed by atoms with Crippen LogP contribution < -0.4 is 5.73 Å². The summed E-state index contributed by atoms with van der Waals surface area (Å²) in [4.78, 5) is 13.9. The third kappa shape index (κ3) is 3.46. The normalized spacial score (nSPS) is 23.9. The van der Waals surface area contributed by atoms with E-state index in [0.717, 1.165) is 45.1 Å². The molecule has 1 rings (SSSR count). The molecular formula is C12H24N2O2. The number of aliphatic hydroxyl groups is 1. The van der Waals surface area contributed by atoms with Gasteiger partial charge in [-0.3, -0.25) is 4.79 Å². The van der Waals surface area contributed by atoms with E-state index in [1.165, 1.54) is 0 Å². The molecule has 0 aliphatic carbocycles. The Labute approximate surface area is 97.8 Å². The highest BCUT2D eigenvalue weighted by Gasteiger charge is 2.27. The predicted molar refractivity (Wildman–Crippen MR) is 63.9 cm³/mol. The first-order valence-corrected chi connectivity index (χ1v) is 6.37. The summed E-state index contributed by atoms with van der Waals surface area (Å²) in [5.41, 5.74) is 5.85. The second-order valence-corrected chi connectivity index (χ2v) is 4.61. The number of carbonyl (C=O) groups excluding carboxylic acids is 1. The third-order valence-corrected chi connectivity index (χ3v) is 3.29. The molecule has 4 nitrogen and oxygen atoms in total. The van der Waals surface area contributed by atoms with Crippen LogP contribution in [-0.4, -0.2) is 41.1 Å². The molecule has 1 aliphatic heterocycles. The van der Waals surface area contributed by atoms with E-state index < -0.39 is 6.04 Å². The van der Waals surface area contributed by atoms with Gasteiger partial charge in [0, 0.05) is 6.54 Å². The van der Waals surface area contributed by atoms with E-state index in [0.29, 0.717) is 0 Å². The summed E-state index contributed by atoms with van der Waals surface area (Å²) in [5, 5.41) is 9.31. The Morgan fingerprint density at radius 2 is 2.25 bits per heavy atom. The van der Waals surface area contributed by atoms with Gasteiger partial charge in [0.1, 0.15) is 0 Å². The van der Waals surface area contributed by atoms with Crippen molar-refractivity contribution in [1.29, 1.82) is 0 Å². The molecule has 94 valence electrons. The average Bonchev–Trinajstić information content (AvgIpc) is 2.53. The lowest BCUT2D eigenvalue weighted by atomic mass is 10.1. The van der Waals surface area contributed by atoms with Crippen LogP contribution in [0.2, 0.25) is 0 Å². The summed E-state index contributed by atoms with van der Waals surface area (Å²) in [7, 11) is 0. The third-order valence-electron chi connectivity index (χ3n) is 3.29. The summed E-state index contributed by atoms with van der Waals surface area (Å²) < 4.78 is 0. The van der Waals surface area contributed by atoms with Gasteiger partial charge in [-0.1, -0.05) is 26.2 Å². The van der Waals surface area contributed by atoms with Crippen LogP contribution >= 0.6 is 0 Å². The van der Waals surface area contributed by atoms with E-state index in [-0.39, 0.29) is 18.6 Å². The van der Waals surface area contributed by atoms with Gasteiger partial charge in [-0.2, -0.15) is 0 Å². The van der Waals surface area contributed by atoms with Crippen molar-refractivity contribution >= 4 is 5.91 Å². The molecule has 1 unspecified atom stereocenters. The van der Waals surface area contributed by atoms with E-state index >= 15 is 0 Å². The Kier molecular flexibility index (Phi) is 5.77. The number of carbonyl (C=O) groups is 1.